The van der Waals surface area contributed by atoms with Crippen LogP contribution in [-0.4, -0.2) is 24.7 Å². The SMILES string of the molecule is COc1ccc(C(O)CNC(=O)CCC2CC2)cc1. The zero-order valence-corrected chi connectivity index (χ0v) is 11.3. The first-order valence-electron chi connectivity index (χ1n) is 6.77. The van der Waals surface area contributed by atoms with Gasteiger partial charge in [0, 0.05) is 13.0 Å². The lowest BCUT2D eigenvalue weighted by Crippen LogP contribution is -2.28. The Morgan fingerprint density at radius 2 is 2.11 bits per heavy atom. The van der Waals surface area contributed by atoms with Gasteiger partial charge in [0.2, 0.25) is 5.91 Å². The van der Waals surface area contributed by atoms with Crippen molar-refractivity contribution >= 4 is 5.91 Å². The number of aliphatic hydroxyl groups excluding tert-OH is 1. The number of hydrogen-bond donors (Lipinski definition) is 2. The molecule has 2 rings (SSSR count). The summed E-state index contributed by atoms with van der Waals surface area (Å²) in [5, 5.41) is 12.7. The van der Waals surface area contributed by atoms with Crippen molar-refractivity contribution in [2.45, 2.75) is 31.8 Å². The van der Waals surface area contributed by atoms with Gasteiger partial charge in [-0.1, -0.05) is 25.0 Å². The van der Waals surface area contributed by atoms with Gasteiger partial charge in [0.25, 0.3) is 0 Å². The Kier molecular flexibility index (Phi) is 4.80. The summed E-state index contributed by atoms with van der Waals surface area (Å²) in [6.45, 7) is 0.260. The predicted octanol–water partition coefficient (Wildman–Crippen LogP) is 2.04. The van der Waals surface area contributed by atoms with E-state index in [-0.39, 0.29) is 12.5 Å². The molecule has 1 aromatic rings. The lowest BCUT2D eigenvalue weighted by atomic mass is 10.1. The molecule has 0 aromatic heterocycles. The minimum Gasteiger partial charge on any atom is -0.497 e. The smallest absolute Gasteiger partial charge is 0.220 e. The molecule has 2 N–H and O–H groups in total. The van der Waals surface area contributed by atoms with E-state index in [1.807, 2.05) is 0 Å². The van der Waals surface area contributed by atoms with Crippen molar-refractivity contribution in [3.8, 4) is 5.75 Å². The normalized spacial score (nSPS) is 15.9. The number of amides is 1. The molecule has 104 valence electrons. The van der Waals surface area contributed by atoms with Crippen LogP contribution in [0.15, 0.2) is 24.3 Å². The number of nitrogens with one attached hydrogen (secondary N) is 1. The Bertz CT molecular complexity index is 412. The molecule has 0 heterocycles. The molecule has 0 radical (unpaired) electrons. The van der Waals surface area contributed by atoms with Crippen molar-refractivity contribution in [1.29, 1.82) is 0 Å². The quantitative estimate of drug-likeness (QED) is 0.791. The highest BCUT2D eigenvalue weighted by Gasteiger charge is 2.21. The third-order valence-corrected chi connectivity index (χ3v) is 3.47. The molecule has 4 heteroatoms. The van der Waals surface area contributed by atoms with Crippen molar-refractivity contribution in [2.75, 3.05) is 13.7 Å². The van der Waals surface area contributed by atoms with Crippen LogP contribution in [0.1, 0.15) is 37.4 Å². The lowest BCUT2D eigenvalue weighted by Gasteiger charge is -2.12. The molecule has 1 aliphatic rings. The van der Waals surface area contributed by atoms with Crippen LogP contribution in [0.4, 0.5) is 0 Å². The Balaban J connectivity index is 1.72. The fourth-order valence-electron chi connectivity index (χ4n) is 1.98. The lowest BCUT2D eigenvalue weighted by molar-refractivity contribution is -0.121. The molecule has 1 amide bonds. The zero-order chi connectivity index (χ0) is 13.7. The molecule has 0 aliphatic heterocycles. The van der Waals surface area contributed by atoms with Crippen molar-refractivity contribution in [3.63, 3.8) is 0 Å². The molecule has 1 atom stereocenters. The van der Waals surface area contributed by atoms with Crippen molar-refractivity contribution in [1.82, 2.24) is 5.32 Å². The molecule has 0 bridgehead atoms. The summed E-state index contributed by atoms with van der Waals surface area (Å²) in [5.74, 6) is 1.54. The van der Waals surface area contributed by atoms with Gasteiger partial charge in [-0.2, -0.15) is 0 Å². The Hall–Kier alpha value is -1.55. The number of methoxy groups -OCH3 is 1. The van der Waals surface area contributed by atoms with E-state index < -0.39 is 6.10 Å². The summed E-state index contributed by atoms with van der Waals surface area (Å²) >= 11 is 0. The molecule has 1 fully saturated rings. The number of aliphatic hydroxyl groups is 1. The molecule has 1 aliphatic carbocycles. The third kappa shape index (κ3) is 4.56. The van der Waals surface area contributed by atoms with Gasteiger partial charge in [-0.15, -0.1) is 0 Å². The first kappa shape index (κ1) is 13.9. The zero-order valence-electron chi connectivity index (χ0n) is 11.3. The van der Waals surface area contributed by atoms with Crippen LogP contribution in [0.3, 0.4) is 0 Å². The molecular weight excluding hydrogens is 242 g/mol. The summed E-state index contributed by atoms with van der Waals surface area (Å²) in [6, 6.07) is 7.21. The average Bonchev–Trinajstić information content (AvgIpc) is 3.26. The second-order valence-electron chi connectivity index (χ2n) is 5.08. The molecular formula is C15H21NO3. The van der Waals surface area contributed by atoms with Crippen LogP contribution in [-0.2, 0) is 4.79 Å². The fourth-order valence-corrected chi connectivity index (χ4v) is 1.98. The van der Waals surface area contributed by atoms with Gasteiger partial charge >= 0.3 is 0 Å². The van der Waals surface area contributed by atoms with Crippen LogP contribution < -0.4 is 10.1 Å². The molecule has 19 heavy (non-hydrogen) atoms. The van der Waals surface area contributed by atoms with Crippen LogP contribution in [0.25, 0.3) is 0 Å². The first-order valence-corrected chi connectivity index (χ1v) is 6.77. The van der Waals surface area contributed by atoms with Crippen LogP contribution >= 0.6 is 0 Å². The van der Waals surface area contributed by atoms with Gasteiger partial charge in [0.05, 0.1) is 13.2 Å². The average molecular weight is 263 g/mol. The van der Waals surface area contributed by atoms with Gasteiger partial charge < -0.3 is 15.2 Å². The Labute approximate surface area is 113 Å². The summed E-state index contributed by atoms with van der Waals surface area (Å²) < 4.78 is 5.06. The molecule has 4 nitrogen and oxygen atoms in total. The fraction of sp³-hybridized carbons (Fsp3) is 0.533. The largest absolute Gasteiger partial charge is 0.497 e. The Morgan fingerprint density at radius 1 is 1.42 bits per heavy atom. The monoisotopic (exact) mass is 263 g/mol. The maximum absolute atomic E-state index is 11.6. The third-order valence-electron chi connectivity index (χ3n) is 3.47. The van der Waals surface area contributed by atoms with E-state index in [2.05, 4.69) is 5.32 Å². The van der Waals surface area contributed by atoms with Crippen molar-refractivity contribution < 1.29 is 14.6 Å². The second kappa shape index (κ2) is 6.57. The summed E-state index contributed by atoms with van der Waals surface area (Å²) in [4.78, 5) is 11.6. The number of benzene rings is 1. The van der Waals surface area contributed by atoms with Crippen molar-refractivity contribution in [2.24, 2.45) is 5.92 Å². The van der Waals surface area contributed by atoms with E-state index in [0.29, 0.717) is 6.42 Å². The van der Waals surface area contributed by atoms with Crippen LogP contribution in [0.2, 0.25) is 0 Å². The molecule has 0 spiro atoms. The molecule has 1 saturated carbocycles. The Morgan fingerprint density at radius 3 is 2.68 bits per heavy atom. The minimum atomic E-state index is -0.671. The number of rotatable bonds is 7. The van der Waals surface area contributed by atoms with Gasteiger partial charge in [-0.25, -0.2) is 0 Å². The van der Waals surface area contributed by atoms with E-state index >= 15 is 0 Å². The minimum absolute atomic E-state index is 0.0273. The van der Waals surface area contributed by atoms with Gasteiger partial charge in [0.1, 0.15) is 5.75 Å². The predicted molar refractivity (Wildman–Crippen MR) is 72.9 cm³/mol. The van der Waals surface area contributed by atoms with E-state index in [4.69, 9.17) is 4.74 Å². The second-order valence-corrected chi connectivity index (χ2v) is 5.08. The number of carbonyl (C=O) groups is 1. The first-order chi connectivity index (χ1) is 9.19. The van der Waals surface area contributed by atoms with Crippen LogP contribution in [0.5, 0.6) is 5.75 Å². The summed E-state index contributed by atoms with van der Waals surface area (Å²) in [6.07, 6.45) is 3.41. The standard InChI is InChI=1S/C15H21NO3/c1-19-13-7-5-12(6-8-13)14(17)10-16-15(18)9-4-11-2-3-11/h5-8,11,14,17H,2-4,9-10H2,1H3,(H,16,18). The van der Waals surface area contributed by atoms with Gasteiger partial charge in [-0.05, 0) is 30.0 Å². The van der Waals surface area contributed by atoms with E-state index in [0.717, 1.165) is 23.7 Å². The molecule has 0 saturated heterocycles. The number of hydrogen-bond acceptors (Lipinski definition) is 3. The summed E-state index contributed by atoms with van der Waals surface area (Å²) in [5.41, 5.74) is 0.781. The number of ether oxygens (including phenoxy) is 1. The summed E-state index contributed by atoms with van der Waals surface area (Å²) in [7, 11) is 1.60. The van der Waals surface area contributed by atoms with Gasteiger partial charge in [-0.3, -0.25) is 4.79 Å². The van der Waals surface area contributed by atoms with Crippen LogP contribution in [0, 0.1) is 5.92 Å². The van der Waals surface area contributed by atoms with E-state index in [1.165, 1.54) is 12.8 Å². The molecule has 1 unspecified atom stereocenters. The van der Waals surface area contributed by atoms with E-state index in [1.54, 1.807) is 31.4 Å². The topological polar surface area (TPSA) is 58.6 Å². The van der Waals surface area contributed by atoms with Crippen molar-refractivity contribution in [3.05, 3.63) is 29.8 Å². The maximum Gasteiger partial charge on any atom is 0.220 e. The van der Waals surface area contributed by atoms with Gasteiger partial charge in [0.15, 0.2) is 0 Å². The number of carbonyl (C=O) groups excluding carboxylic acids is 1. The highest BCUT2D eigenvalue weighted by atomic mass is 16.5. The molecule has 1 aromatic carbocycles. The maximum atomic E-state index is 11.6. The highest BCUT2D eigenvalue weighted by molar-refractivity contribution is 5.75. The highest BCUT2D eigenvalue weighted by Crippen LogP contribution is 2.33. The van der Waals surface area contributed by atoms with E-state index in [9.17, 15) is 9.90 Å².